The van der Waals surface area contributed by atoms with E-state index >= 15 is 0 Å². The molecule has 0 amide bonds. The van der Waals surface area contributed by atoms with Crippen LogP contribution in [0.3, 0.4) is 0 Å². The van der Waals surface area contributed by atoms with E-state index in [1.807, 2.05) is 17.5 Å². The smallest absolute Gasteiger partial charge is 0.229 e. The zero-order chi connectivity index (χ0) is 13.9. The van der Waals surface area contributed by atoms with Crippen molar-refractivity contribution in [2.75, 3.05) is 13.7 Å². The summed E-state index contributed by atoms with van der Waals surface area (Å²) in [7, 11) is 1.53. The first kappa shape index (κ1) is 13.2. The lowest BCUT2D eigenvalue weighted by atomic mass is 10.2. The Morgan fingerprint density at radius 3 is 3.25 bits per heavy atom. The van der Waals surface area contributed by atoms with E-state index in [4.69, 9.17) is 9.26 Å². The van der Waals surface area contributed by atoms with Crippen molar-refractivity contribution in [2.24, 2.45) is 0 Å². The number of nitrogens with zero attached hydrogens (tertiary/aromatic N) is 3. The first-order valence-corrected chi connectivity index (χ1v) is 6.97. The van der Waals surface area contributed by atoms with Crippen molar-refractivity contribution in [3.05, 3.63) is 29.6 Å². The molecule has 104 valence electrons. The van der Waals surface area contributed by atoms with Crippen LogP contribution in [-0.2, 0) is 11.2 Å². The fourth-order valence-electron chi connectivity index (χ4n) is 1.88. The summed E-state index contributed by atoms with van der Waals surface area (Å²) in [6.07, 6.45) is 1.34. The van der Waals surface area contributed by atoms with Gasteiger partial charge in [0, 0.05) is 18.9 Å². The van der Waals surface area contributed by atoms with Gasteiger partial charge < -0.3 is 14.4 Å². The molecule has 0 aliphatic heterocycles. The first-order valence-electron chi connectivity index (χ1n) is 6.09. The van der Waals surface area contributed by atoms with Gasteiger partial charge in [-0.2, -0.15) is 4.98 Å². The number of hydrogen-bond acceptors (Lipinski definition) is 7. The van der Waals surface area contributed by atoms with Gasteiger partial charge in [0.05, 0.1) is 29.3 Å². The molecule has 6 nitrogen and oxygen atoms in total. The number of pyridine rings is 1. The van der Waals surface area contributed by atoms with Gasteiger partial charge in [0.1, 0.15) is 0 Å². The van der Waals surface area contributed by atoms with Crippen molar-refractivity contribution in [3.63, 3.8) is 0 Å². The number of fused-ring (bicyclic) bond motifs is 1. The third kappa shape index (κ3) is 2.69. The van der Waals surface area contributed by atoms with Crippen LogP contribution in [0, 0.1) is 0 Å². The van der Waals surface area contributed by atoms with Crippen LogP contribution in [0.4, 0.5) is 0 Å². The summed E-state index contributed by atoms with van der Waals surface area (Å²) in [6.45, 7) is 0.237. The molecule has 1 unspecified atom stereocenters. The molecule has 0 spiro atoms. The molecule has 7 heteroatoms. The van der Waals surface area contributed by atoms with E-state index < -0.39 is 6.10 Å². The van der Waals surface area contributed by atoms with Gasteiger partial charge in [0.2, 0.25) is 11.7 Å². The summed E-state index contributed by atoms with van der Waals surface area (Å²) < 4.78 is 11.1. The van der Waals surface area contributed by atoms with Crippen molar-refractivity contribution in [1.82, 2.24) is 15.1 Å². The number of ether oxygens (including phenoxy) is 1. The molecule has 0 saturated heterocycles. The summed E-state index contributed by atoms with van der Waals surface area (Å²) in [5, 5.41) is 15.5. The molecule has 3 aromatic rings. The van der Waals surface area contributed by atoms with Gasteiger partial charge in [-0.05, 0) is 17.5 Å². The third-order valence-corrected chi connectivity index (χ3v) is 3.65. The molecule has 1 atom stereocenters. The maximum atomic E-state index is 9.63. The first-order chi connectivity index (χ1) is 9.76. The minimum Gasteiger partial charge on any atom is -0.390 e. The summed E-state index contributed by atoms with van der Waals surface area (Å²) >= 11 is 1.62. The largest absolute Gasteiger partial charge is 0.390 e. The predicted octanol–water partition coefficient (Wildman–Crippen LogP) is 1.90. The summed E-state index contributed by atoms with van der Waals surface area (Å²) in [5.74, 6) is 0.864. The molecule has 0 fully saturated rings. The third-order valence-electron chi connectivity index (χ3n) is 2.80. The number of aromatic nitrogens is 3. The highest BCUT2D eigenvalue weighted by molar-refractivity contribution is 7.17. The predicted molar refractivity (Wildman–Crippen MR) is 74.5 cm³/mol. The Labute approximate surface area is 119 Å². The second-order valence-corrected chi connectivity index (χ2v) is 5.30. The summed E-state index contributed by atoms with van der Waals surface area (Å²) in [4.78, 5) is 8.60. The van der Waals surface area contributed by atoms with Crippen molar-refractivity contribution in [1.29, 1.82) is 0 Å². The summed E-state index contributed by atoms with van der Waals surface area (Å²) in [5.41, 5.74) is 1.76. The van der Waals surface area contributed by atoms with Crippen LogP contribution in [-0.4, -0.2) is 40.1 Å². The van der Waals surface area contributed by atoms with E-state index in [1.165, 1.54) is 7.11 Å². The second-order valence-electron chi connectivity index (χ2n) is 4.35. The van der Waals surface area contributed by atoms with Crippen LogP contribution in [0.2, 0.25) is 0 Å². The Morgan fingerprint density at radius 1 is 1.50 bits per heavy atom. The average molecular weight is 291 g/mol. The fraction of sp³-hybridized carbons (Fsp3) is 0.308. The molecule has 0 radical (unpaired) electrons. The Kier molecular flexibility index (Phi) is 3.72. The lowest BCUT2D eigenvalue weighted by molar-refractivity contribution is 0.0599. The Hall–Kier alpha value is -1.83. The molecule has 3 aromatic heterocycles. The van der Waals surface area contributed by atoms with E-state index in [-0.39, 0.29) is 13.0 Å². The standard InChI is InChI=1S/C13H13N3O3S/c1-18-7-9(17)5-12-15-13(16-19-12)8-4-11-10(14-6-8)2-3-20-11/h2-4,6,9,17H,5,7H2,1H3. The van der Waals surface area contributed by atoms with Crippen molar-refractivity contribution in [2.45, 2.75) is 12.5 Å². The molecule has 3 heterocycles. The van der Waals surface area contributed by atoms with Crippen molar-refractivity contribution in [3.8, 4) is 11.4 Å². The van der Waals surface area contributed by atoms with Gasteiger partial charge in [0.25, 0.3) is 0 Å². The molecule has 1 N–H and O–H groups in total. The van der Waals surface area contributed by atoms with Gasteiger partial charge in [0.15, 0.2) is 0 Å². The van der Waals surface area contributed by atoms with Crippen LogP contribution in [0.1, 0.15) is 5.89 Å². The quantitative estimate of drug-likeness (QED) is 0.773. The Bertz CT molecular complexity index is 710. The van der Waals surface area contributed by atoms with Gasteiger partial charge in [-0.3, -0.25) is 4.98 Å². The zero-order valence-electron chi connectivity index (χ0n) is 10.8. The molecule has 0 aliphatic carbocycles. The highest BCUT2D eigenvalue weighted by Crippen LogP contribution is 2.24. The molecule has 3 rings (SSSR count). The maximum Gasteiger partial charge on any atom is 0.229 e. The topological polar surface area (TPSA) is 81.3 Å². The van der Waals surface area contributed by atoms with Gasteiger partial charge in [-0.1, -0.05) is 5.16 Å². The highest BCUT2D eigenvalue weighted by Gasteiger charge is 2.14. The summed E-state index contributed by atoms with van der Waals surface area (Å²) in [6, 6.07) is 3.94. The van der Waals surface area contributed by atoms with Gasteiger partial charge in [-0.15, -0.1) is 11.3 Å². The van der Waals surface area contributed by atoms with Crippen LogP contribution in [0.15, 0.2) is 28.2 Å². The molecule has 0 saturated carbocycles. The Balaban J connectivity index is 1.81. The molecular formula is C13H13N3O3S. The number of hydrogen-bond donors (Lipinski definition) is 1. The minimum atomic E-state index is -0.647. The maximum absolute atomic E-state index is 9.63. The minimum absolute atomic E-state index is 0.237. The number of aliphatic hydroxyl groups is 1. The number of aliphatic hydroxyl groups excluding tert-OH is 1. The second kappa shape index (κ2) is 5.66. The van der Waals surface area contributed by atoms with Crippen LogP contribution in [0.25, 0.3) is 21.6 Å². The van der Waals surface area contributed by atoms with Crippen molar-refractivity contribution >= 4 is 21.6 Å². The Morgan fingerprint density at radius 2 is 2.40 bits per heavy atom. The van der Waals surface area contributed by atoms with E-state index in [9.17, 15) is 5.11 Å². The number of thiophene rings is 1. The number of methoxy groups -OCH3 is 1. The van der Waals surface area contributed by atoms with Crippen LogP contribution >= 0.6 is 11.3 Å². The molecule has 0 bridgehead atoms. The number of rotatable bonds is 5. The van der Waals surface area contributed by atoms with Crippen LogP contribution < -0.4 is 0 Å². The SMILES string of the molecule is COCC(O)Cc1nc(-c2cnc3ccsc3c2)no1. The van der Waals surface area contributed by atoms with E-state index in [0.29, 0.717) is 11.7 Å². The lowest BCUT2D eigenvalue weighted by Crippen LogP contribution is -2.17. The van der Waals surface area contributed by atoms with Gasteiger partial charge in [-0.25, -0.2) is 0 Å². The van der Waals surface area contributed by atoms with E-state index in [1.54, 1.807) is 17.5 Å². The van der Waals surface area contributed by atoms with E-state index in [0.717, 1.165) is 15.8 Å². The molecule has 0 aromatic carbocycles. The molecule has 0 aliphatic rings. The zero-order valence-corrected chi connectivity index (χ0v) is 11.6. The monoisotopic (exact) mass is 291 g/mol. The van der Waals surface area contributed by atoms with Crippen LogP contribution in [0.5, 0.6) is 0 Å². The molecular weight excluding hydrogens is 278 g/mol. The van der Waals surface area contributed by atoms with Gasteiger partial charge >= 0.3 is 0 Å². The van der Waals surface area contributed by atoms with E-state index in [2.05, 4.69) is 15.1 Å². The fourth-order valence-corrected chi connectivity index (χ4v) is 2.66. The van der Waals surface area contributed by atoms with Crippen molar-refractivity contribution < 1.29 is 14.4 Å². The highest BCUT2D eigenvalue weighted by atomic mass is 32.1. The average Bonchev–Trinajstić information content (AvgIpc) is 3.06. The normalized spacial score (nSPS) is 12.9. The lowest BCUT2D eigenvalue weighted by Gasteiger charge is -2.04. The molecule has 20 heavy (non-hydrogen) atoms.